The van der Waals surface area contributed by atoms with Crippen molar-refractivity contribution in [1.82, 2.24) is 5.32 Å². The molecule has 2 rings (SSSR count). The molecule has 0 aliphatic heterocycles. The highest BCUT2D eigenvalue weighted by Gasteiger charge is 2.16. The van der Waals surface area contributed by atoms with E-state index in [-0.39, 0.29) is 0 Å². The molecule has 2 aromatic rings. The predicted molar refractivity (Wildman–Crippen MR) is 94.3 cm³/mol. The summed E-state index contributed by atoms with van der Waals surface area (Å²) >= 11 is 3.49. The second-order valence-corrected chi connectivity index (χ2v) is 6.95. The van der Waals surface area contributed by atoms with Gasteiger partial charge >= 0.3 is 0 Å². The molecule has 0 saturated heterocycles. The number of halogens is 1. The van der Waals surface area contributed by atoms with Gasteiger partial charge in [0.1, 0.15) is 0 Å². The van der Waals surface area contributed by atoms with Gasteiger partial charge in [-0.05, 0) is 42.5 Å². The maximum Gasteiger partial charge on any atom is 0.0328 e. The Hall–Kier alpha value is -1.12. The minimum Gasteiger partial charge on any atom is -0.303 e. The van der Waals surface area contributed by atoms with E-state index in [2.05, 4.69) is 96.6 Å². The molecule has 0 saturated carbocycles. The second kappa shape index (κ2) is 7.77. The molecule has 0 bridgehead atoms. The molecule has 0 aliphatic carbocycles. The molecule has 0 heterocycles. The molecule has 1 N–H and O–H groups in total. The fourth-order valence-electron chi connectivity index (χ4n) is 2.61. The summed E-state index contributed by atoms with van der Waals surface area (Å²) in [7, 11) is 0. The van der Waals surface area contributed by atoms with E-state index in [4.69, 9.17) is 0 Å². The number of hydrogen-bond donors (Lipinski definition) is 1. The molecule has 0 aromatic heterocycles. The zero-order valence-corrected chi connectivity index (χ0v) is 14.6. The molecule has 21 heavy (non-hydrogen) atoms. The van der Waals surface area contributed by atoms with Crippen molar-refractivity contribution in [3.05, 3.63) is 70.2 Å². The Morgan fingerprint density at radius 1 is 0.857 bits per heavy atom. The van der Waals surface area contributed by atoms with Crippen molar-refractivity contribution in [2.75, 3.05) is 0 Å². The quantitative estimate of drug-likeness (QED) is 0.688. The zero-order valence-electron chi connectivity index (χ0n) is 13.0. The Morgan fingerprint density at radius 3 is 2.05 bits per heavy atom. The van der Waals surface area contributed by atoms with Crippen LogP contribution < -0.4 is 5.32 Å². The molecule has 2 heteroatoms. The highest BCUT2D eigenvalue weighted by molar-refractivity contribution is 9.10. The lowest BCUT2D eigenvalue weighted by Gasteiger charge is -2.25. The van der Waals surface area contributed by atoms with Gasteiger partial charge in [0.25, 0.3) is 0 Å². The fraction of sp³-hybridized carbons (Fsp3) is 0.368. The van der Waals surface area contributed by atoms with Crippen LogP contribution in [0.5, 0.6) is 0 Å². The molecule has 1 nitrogen and oxygen atoms in total. The largest absolute Gasteiger partial charge is 0.303 e. The molecule has 112 valence electrons. The SMILES string of the molecule is CC(C)CC(N[C@H](C)c1ccc(Br)cc1)c1ccccc1. The smallest absolute Gasteiger partial charge is 0.0328 e. The summed E-state index contributed by atoms with van der Waals surface area (Å²) in [5.74, 6) is 0.667. The third-order valence-corrected chi connectivity index (χ3v) is 4.26. The van der Waals surface area contributed by atoms with Gasteiger partial charge in [-0.3, -0.25) is 0 Å². The highest BCUT2D eigenvalue weighted by atomic mass is 79.9. The van der Waals surface area contributed by atoms with Crippen LogP contribution in [-0.4, -0.2) is 0 Å². The molecular weight excluding hydrogens is 322 g/mol. The van der Waals surface area contributed by atoms with Gasteiger partial charge in [-0.25, -0.2) is 0 Å². The minimum absolute atomic E-state index is 0.335. The van der Waals surface area contributed by atoms with E-state index < -0.39 is 0 Å². The van der Waals surface area contributed by atoms with Crippen molar-refractivity contribution in [2.45, 2.75) is 39.3 Å². The predicted octanol–water partition coefficient (Wildman–Crippen LogP) is 5.89. The van der Waals surface area contributed by atoms with Gasteiger partial charge in [-0.15, -0.1) is 0 Å². The number of benzene rings is 2. The highest BCUT2D eigenvalue weighted by Crippen LogP contribution is 2.25. The zero-order chi connectivity index (χ0) is 15.2. The van der Waals surface area contributed by atoms with E-state index in [0.717, 1.165) is 10.9 Å². The first-order chi connectivity index (χ1) is 10.1. The Balaban J connectivity index is 2.13. The second-order valence-electron chi connectivity index (χ2n) is 6.03. The summed E-state index contributed by atoms with van der Waals surface area (Å²) in [6.07, 6.45) is 1.14. The summed E-state index contributed by atoms with van der Waals surface area (Å²) in [4.78, 5) is 0. The van der Waals surface area contributed by atoms with Crippen LogP contribution in [0.3, 0.4) is 0 Å². The Morgan fingerprint density at radius 2 is 1.48 bits per heavy atom. The third-order valence-electron chi connectivity index (χ3n) is 3.73. The standard InChI is InChI=1S/C19H24BrN/c1-14(2)13-19(17-7-5-4-6-8-17)21-15(3)16-9-11-18(20)12-10-16/h4-12,14-15,19,21H,13H2,1-3H3/t15-,19?/m1/s1. The van der Waals surface area contributed by atoms with Crippen molar-refractivity contribution in [3.63, 3.8) is 0 Å². The minimum atomic E-state index is 0.335. The molecular formula is C19H24BrN. The summed E-state index contributed by atoms with van der Waals surface area (Å²) < 4.78 is 1.13. The fourth-order valence-corrected chi connectivity index (χ4v) is 2.87. The van der Waals surface area contributed by atoms with Crippen LogP contribution in [0.1, 0.15) is 50.4 Å². The Kier molecular flexibility index (Phi) is 6.01. The van der Waals surface area contributed by atoms with E-state index in [1.807, 2.05) is 0 Å². The van der Waals surface area contributed by atoms with Gasteiger partial charge in [0.05, 0.1) is 0 Å². The molecule has 2 aromatic carbocycles. The monoisotopic (exact) mass is 345 g/mol. The van der Waals surface area contributed by atoms with E-state index in [0.29, 0.717) is 18.0 Å². The van der Waals surface area contributed by atoms with Gasteiger partial charge in [0.15, 0.2) is 0 Å². The van der Waals surface area contributed by atoms with Crippen molar-refractivity contribution in [1.29, 1.82) is 0 Å². The van der Waals surface area contributed by atoms with Crippen molar-refractivity contribution in [3.8, 4) is 0 Å². The third kappa shape index (κ3) is 4.98. The molecule has 2 atom stereocenters. The molecule has 1 unspecified atom stereocenters. The molecule has 0 aliphatic rings. The van der Waals surface area contributed by atoms with Gasteiger partial charge in [0, 0.05) is 16.6 Å². The van der Waals surface area contributed by atoms with Crippen LogP contribution >= 0.6 is 15.9 Å². The van der Waals surface area contributed by atoms with E-state index >= 15 is 0 Å². The van der Waals surface area contributed by atoms with E-state index in [9.17, 15) is 0 Å². The number of nitrogens with one attached hydrogen (secondary N) is 1. The average molecular weight is 346 g/mol. The van der Waals surface area contributed by atoms with Crippen molar-refractivity contribution < 1.29 is 0 Å². The van der Waals surface area contributed by atoms with Gasteiger partial charge in [-0.1, -0.05) is 72.2 Å². The normalized spacial score (nSPS) is 14.1. The Bertz CT molecular complexity index is 533. The lowest BCUT2D eigenvalue weighted by molar-refractivity contribution is 0.394. The molecule has 0 radical (unpaired) electrons. The van der Waals surface area contributed by atoms with Crippen LogP contribution in [-0.2, 0) is 0 Å². The maximum absolute atomic E-state index is 3.79. The maximum atomic E-state index is 3.79. The van der Waals surface area contributed by atoms with Crippen LogP contribution in [0.25, 0.3) is 0 Å². The van der Waals surface area contributed by atoms with Gasteiger partial charge in [-0.2, -0.15) is 0 Å². The van der Waals surface area contributed by atoms with Crippen LogP contribution in [0.15, 0.2) is 59.1 Å². The lowest BCUT2D eigenvalue weighted by Crippen LogP contribution is -2.26. The van der Waals surface area contributed by atoms with Gasteiger partial charge < -0.3 is 5.32 Å². The summed E-state index contributed by atoms with van der Waals surface area (Å²) in [5, 5.41) is 3.79. The number of rotatable bonds is 6. The Labute approximate surface area is 136 Å². The van der Waals surface area contributed by atoms with Crippen molar-refractivity contribution in [2.24, 2.45) is 5.92 Å². The summed E-state index contributed by atoms with van der Waals surface area (Å²) in [5.41, 5.74) is 2.69. The first-order valence-electron chi connectivity index (χ1n) is 7.62. The van der Waals surface area contributed by atoms with Crippen LogP contribution in [0.4, 0.5) is 0 Å². The molecule has 0 fully saturated rings. The molecule has 0 spiro atoms. The van der Waals surface area contributed by atoms with Crippen LogP contribution in [0, 0.1) is 5.92 Å². The first-order valence-corrected chi connectivity index (χ1v) is 8.42. The van der Waals surface area contributed by atoms with Gasteiger partial charge in [0.2, 0.25) is 0 Å². The number of hydrogen-bond acceptors (Lipinski definition) is 1. The summed E-state index contributed by atoms with van der Waals surface area (Å²) in [6.45, 7) is 6.79. The topological polar surface area (TPSA) is 12.0 Å². The first kappa shape index (κ1) is 16.3. The van der Waals surface area contributed by atoms with Crippen molar-refractivity contribution >= 4 is 15.9 Å². The lowest BCUT2D eigenvalue weighted by atomic mass is 9.95. The summed E-state index contributed by atoms with van der Waals surface area (Å²) in [6, 6.07) is 20.0. The van der Waals surface area contributed by atoms with E-state index in [1.54, 1.807) is 0 Å². The van der Waals surface area contributed by atoms with E-state index in [1.165, 1.54) is 11.1 Å². The van der Waals surface area contributed by atoms with Crippen LogP contribution in [0.2, 0.25) is 0 Å². The molecule has 0 amide bonds. The average Bonchev–Trinajstić information content (AvgIpc) is 2.47.